The molecule has 0 unspecified atom stereocenters. The van der Waals surface area contributed by atoms with E-state index in [1.54, 1.807) is 18.4 Å². The Kier molecular flexibility index (Phi) is 6.59. The van der Waals surface area contributed by atoms with E-state index >= 15 is 0 Å². The van der Waals surface area contributed by atoms with Gasteiger partial charge in [-0.25, -0.2) is 4.98 Å². The van der Waals surface area contributed by atoms with E-state index in [0.29, 0.717) is 6.54 Å². The molecule has 1 heterocycles. The van der Waals surface area contributed by atoms with Gasteiger partial charge in [-0.2, -0.15) is 0 Å². The van der Waals surface area contributed by atoms with Crippen LogP contribution in [0.3, 0.4) is 0 Å². The van der Waals surface area contributed by atoms with Crippen LogP contribution in [0, 0.1) is 13.8 Å². The largest absolute Gasteiger partial charge is 0.356 e. The van der Waals surface area contributed by atoms with Gasteiger partial charge in [0.25, 0.3) is 0 Å². The van der Waals surface area contributed by atoms with Gasteiger partial charge in [-0.05, 0) is 32.3 Å². The van der Waals surface area contributed by atoms with E-state index in [1.165, 1.54) is 21.6 Å². The van der Waals surface area contributed by atoms with Crippen LogP contribution in [-0.4, -0.2) is 24.5 Å². The van der Waals surface area contributed by atoms with Gasteiger partial charge >= 0.3 is 0 Å². The van der Waals surface area contributed by atoms with Crippen LogP contribution in [0.5, 0.6) is 0 Å². The van der Waals surface area contributed by atoms with Crippen molar-refractivity contribution in [2.45, 2.75) is 40.2 Å². The van der Waals surface area contributed by atoms with Crippen LogP contribution in [0.2, 0.25) is 0 Å². The molecule has 1 aromatic carbocycles. The molecule has 0 aliphatic heterocycles. The zero-order valence-electron chi connectivity index (χ0n) is 14.4. The third kappa shape index (κ3) is 5.67. The Balaban J connectivity index is 1.78. The molecule has 0 aliphatic rings. The molecule has 0 radical (unpaired) electrons. The van der Waals surface area contributed by atoms with Gasteiger partial charge in [0.15, 0.2) is 5.96 Å². The minimum Gasteiger partial charge on any atom is -0.356 e. The average molecular weight is 331 g/mol. The molecule has 124 valence electrons. The summed E-state index contributed by atoms with van der Waals surface area (Å²) in [6.07, 6.45) is 3.99. The second kappa shape index (κ2) is 8.67. The normalized spacial score (nSPS) is 11.6. The Bertz CT molecular complexity index is 641. The van der Waals surface area contributed by atoms with Gasteiger partial charge in [0.2, 0.25) is 0 Å². The molecule has 4 nitrogen and oxygen atoms in total. The molecule has 2 N–H and O–H groups in total. The molecule has 2 aromatic rings. The number of benzene rings is 1. The molecular weight excluding hydrogens is 304 g/mol. The molecule has 0 atom stereocenters. The molecular formula is C18H26N4S. The minimum atomic E-state index is 0.716. The molecule has 1 aromatic heterocycles. The fourth-order valence-electron chi connectivity index (χ4n) is 2.51. The number of guanidine groups is 1. The fourth-order valence-corrected chi connectivity index (χ4v) is 3.31. The lowest BCUT2D eigenvalue weighted by atomic mass is 10.1. The number of aromatic nitrogens is 1. The molecule has 0 bridgehead atoms. The van der Waals surface area contributed by atoms with Gasteiger partial charge in [-0.15, -0.1) is 11.3 Å². The number of hydrogen-bond donors (Lipinski definition) is 2. The summed E-state index contributed by atoms with van der Waals surface area (Å²) >= 11 is 1.75. The van der Waals surface area contributed by atoms with Crippen molar-refractivity contribution in [1.82, 2.24) is 15.6 Å². The lowest BCUT2D eigenvalue weighted by Gasteiger charge is -2.11. The summed E-state index contributed by atoms with van der Waals surface area (Å²) in [4.78, 5) is 10.0. The highest BCUT2D eigenvalue weighted by atomic mass is 32.1. The first-order chi connectivity index (χ1) is 11.1. The maximum atomic E-state index is 4.41. The second-order valence-electron chi connectivity index (χ2n) is 5.67. The van der Waals surface area contributed by atoms with Gasteiger partial charge in [-0.1, -0.05) is 36.2 Å². The van der Waals surface area contributed by atoms with Crippen LogP contribution in [-0.2, 0) is 19.4 Å². The van der Waals surface area contributed by atoms with Crippen molar-refractivity contribution in [3.63, 3.8) is 0 Å². The van der Waals surface area contributed by atoms with Crippen molar-refractivity contribution in [2.75, 3.05) is 13.6 Å². The van der Waals surface area contributed by atoms with Crippen molar-refractivity contribution in [3.8, 4) is 0 Å². The van der Waals surface area contributed by atoms with Gasteiger partial charge in [0, 0.05) is 24.7 Å². The summed E-state index contributed by atoms with van der Waals surface area (Å²) in [5.41, 5.74) is 3.99. The van der Waals surface area contributed by atoms with E-state index in [4.69, 9.17) is 0 Å². The molecule has 0 amide bonds. The Morgan fingerprint density at radius 3 is 2.52 bits per heavy atom. The number of nitrogens with one attached hydrogen (secondary N) is 2. The molecule has 0 fully saturated rings. The maximum absolute atomic E-state index is 4.41. The zero-order chi connectivity index (χ0) is 16.7. The van der Waals surface area contributed by atoms with E-state index in [9.17, 15) is 0 Å². The minimum absolute atomic E-state index is 0.716. The summed E-state index contributed by atoms with van der Waals surface area (Å²) in [5, 5.41) is 7.78. The predicted octanol–water partition coefficient (Wildman–Crippen LogP) is 3.23. The lowest BCUT2D eigenvalue weighted by Crippen LogP contribution is -2.37. The topological polar surface area (TPSA) is 49.3 Å². The van der Waals surface area contributed by atoms with Gasteiger partial charge in [-0.3, -0.25) is 4.99 Å². The number of aliphatic imine (C=N–C) groups is 1. The summed E-state index contributed by atoms with van der Waals surface area (Å²) in [5.74, 6) is 0.822. The Hall–Kier alpha value is -1.88. The molecule has 23 heavy (non-hydrogen) atoms. The van der Waals surface area contributed by atoms with E-state index < -0.39 is 0 Å². The van der Waals surface area contributed by atoms with Crippen LogP contribution in [0.15, 0.2) is 29.4 Å². The quantitative estimate of drug-likeness (QED) is 0.631. The zero-order valence-corrected chi connectivity index (χ0v) is 15.3. The first-order valence-corrected chi connectivity index (χ1v) is 8.87. The van der Waals surface area contributed by atoms with E-state index in [-0.39, 0.29) is 0 Å². The van der Waals surface area contributed by atoms with Crippen LogP contribution in [0.4, 0.5) is 0 Å². The average Bonchev–Trinajstić information content (AvgIpc) is 2.97. The van der Waals surface area contributed by atoms with Crippen molar-refractivity contribution in [2.24, 2.45) is 4.99 Å². The molecule has 0 saturated heterocycles. The molecule has 0 saturated carbocycles. The van der Waals surface area contributed by atoms with Gasteiger partial charge < -0.3 is 10.6 Å². The highest BCUT2D eigenvalue weighted by molar-refractivity contribution is 7.11. The number of nitrogens with zero attached hydrogens (tertiary/aromatic N) is 2. The summed E-state index contributed by atoms with van der Waals surface area (Å²) < 4.78 is 0. The molecule has 0 aliphatic carbocycles. The summed E-state index contributed by atoms with van der Waals surface area (Å²) in [7, 11) is 1.80. The Morgan fingerprint density at radius 1 is 1.17 bits per heavy atom. The van der Waals surface area contributed by atoms with Crippen molar-refractivity contribution < 1.29 is 0 Å². The second-order valence-corrected chi connectivity index (χ2v) is 6.87. The molecule has 0 spiro atoms. The number of thiazole rings is 1. The highest BCUT2D eigenvalue weighted by Gasteiger charge is 2.03. The molecule has 5 heteroatoms. The third-order valence-electron chi connectivity index (χ3n) is 3.57. The molecule has 2 rings (SSSR count). The van der Waals surface area contributed by atoms with Gasteiger partial charge in [0.05, 0.1) is 6.54 Å². The van der Waals surface area contributed by atoms with Crippen molar-refractivity contribution in [1.29, 1.82) is 0 Å². The van der Waals surface area contributed by atoms with Crippen LogP contribution in [0.1, 0.15) is 33.5 Å². The maximum Gasteiger partial charge on any atom is 0.191 e. The van der Waals surface area contributed by atoms with E-state index in [0.717, 1.165) is 30.4 Å². The van der Waals surface area contributed by atoms with Crippen molar-refractivity contribution in [3.05, 3.63) is 51.0 Å². The van der Waals surface area contributed by atoms with Crippen LogP contribution < -0.4 is 10.6 Å². The first kappa shape index (κ1) is 17.5. The Morgan fingerprint density at radius 2 is 1.91 bits per heavy atom. The first-order valence-electron chi connectivity index (χ1n) is 8.06. The van der Waals surface area contributed by atoms with Crippen LogP contribution >= 0.6 is 11.3 Å². The summed E-state index contributed by atoms with van der Waals surface area (Å²) in [6, 6.07) is 6.69. The standard InChI is InChI=1S/C18H26N4S/c1-5-16-11-21-17(23-16)12-22-18(19-4)20-7-6-15-9-13(2)8-14(3)10-15/h8-11H,5-7,12H2,1-4H3,(H2,19,20,22). The van der Waals surface area contributed by atoms with Gasteiger partial charge in [0.1, 0.15) is 5.01 Å². The third-order valence-corrected chi connectivity index (χ3v) is 4.71. The number of aryl methyl sites for hydroxylation is 3. The van der Waals surface area contributed by atoms with Crippen LogP contribution in [0.25, 0.3) is 0 Å². The Labute approximate surface area is 143 Å². The fraction of sp³-hybridized carbons (Fsp3) is 0.444. The van der Waals surface area contributed by atoms with E-state index in [1.807, 2.05) is 6.20 Å². The number of hydrogen-bond acceptors (Lipinski definition) is 3. The highest BCUT2D eigenvalue weighted by Crippen LogP contribution is 2.12. The SMILES string of the molecule is CCc1cnc(CNC(=NC)NCCc2cc(C)cc(C)c2)s1. The smallest absolute Gasteiger partial charge is 0.191 e. The monoisotopic (exact) mass is 330 g/mol. The lowest BCUT2D eigenvalue weighted by molar-refractivity contribution is 0.791. The summed E-state index contributed by atoms with van der Waals surface area (Å²) in [6.45, 7) is 8.01. The van der Waals surface area contributed by atoms with Crippen molar-refractivity contribution >= 4 is 17.3 Å². The van der Waals surface area contributed by atoms with E-state index in [2.05, 4.69) is 59.6 Å². The predicted molar refractivity (Wildman–Crippen MR) is 99.3 cm³/mol. The number of rotatable bonds is 6.